The van der Waals surface area contributed by atoms with Gasteiger partial charge < -0.3 is 9.47 Å². The summed E-state index contributed by atoms with van der Waals surface area (Å²) >= 11 is 0. The van der Waals surface area contributed by atoms with Gasteiger partial charge in [-0.05, 0) is 18.2 Å². The van der Waals surface area contributed by atoms with Crippen molar-refractivity contribution in [2.45, 2.75) is 0 Å². The van der Waals surface area contributed by atoms with Crippen LogP contribution in [0.3, 0.4) is 0 Å². The Morgan fingerprint density at radius 2 is 2.19 bits per heavy atom. The number of hydrogen-bond acceptors (Lipinski definition) is 4. The third-order valence-corrected chi connectivity index (χ3v) is 1.85. The van der Waals surface area contributed by atoms with Gasteiger partial charge in [-0.2, -0.15) is 0 Å². The molecule has 4 nitrogen and oxygen atoms in total. The molecule has 0 fully saturated rings. The fourth-order valence-electron chi connectivity index (χ4n) is 1.16. The van der Waals surface area contributed by atoms with Crippen LogP contribution in [-0.4, -0.2) is 26.0 Å². The molecule has 4 heteroatoms. The van der Waals surface area contributed by atoms with Crippen LogP contribution >= 0.6 is 0 Å². The third kappa shape index (κ3) is 2.95. The van der Waals surface area contributed by atoms with E-state index in [4.69, 9.17) is 4.74 Å². The molecule has 0 aromatic heterocycles. The molecule has 16 heavy (non-hydrogen) atoms. The summed E-state index contributed by atoms with van der Waals surface area (Å²) in [5.41, 5.74) is 0.646. The molecular weight excluding hydrogens is 208 g/mol. The van der Waals surface area contributed by atoms with E-state index in [0.29, 0.717) is 24.2 Å². The summed E-state index contributed by atoms with van der Waals surface area (Å²) in [5.74, 6) is -0.0722. The first-order chi connectivity index (χ1) is 7.71. The molecule has 1 rings (SSSR count). The highest BCUT2D eigenvalue weighted by Gasteiger charge is 2.09. The van der Waals surface area contributed by atoms with Crippen molar-refractivity contribution < 1.29 is 19.1 Å². The van der Waals surface area contributed by atoms with Gasteiger partial charge in [0.25, 0.3) is 0 Å². The van der Waals surface area contributed by atoms with Crippen molar-refractivity contribution in [1.82, 2.24) is 0 Å². The van der Waals surface area contributed by atoms with Crippen LogP contribution in [-0.2, 0) is 4.74 Å². The maximum absolute atomic E-state index is 11.3. The molecule has 1 aromatic carbocycles. The Morgan fingerprint density at radius 3 is 2.75 bits per heavy atom. The van der Waals surface area contributed by atoms with Gasteiger partial charge in [0.2, 0.25) is 0 Å². The number of rotatable bonds is 5. The average molecular weight is 220 g/mol. The lowest BCUT2D eigenvalue weighted by Crippen LogP contribution is -2.03. The third-order valence-electron chi connectivity index (χ3n) is 1.85. The second-order valence-corrected chi connectivity index (χ2v) is 3.00. The fourth-order valence-corrected chi connectivity index (χ4v) is 1.16. The lowest BCUT2D eigenvalue weighted by molar-refractivity contribution is 0.0600. The molecule has 84 valence electrons. The minimum Gasteiger partial charge on any atom is -0.490 e. The topological polar surface area (TPSA) is 52.6 Å². The van der Waals surface area contributed by atoms with Crippen LogP contribution in [0.1, 0.15) is 20.7 Å². The van der Waals surface area contributed by atoms with E-state index < -0.39 is 5.97 Å². The molecule has 0 aliphatic carbocycles. The van der Waals surface area contributed by atoms with Crippen LogP contribution in [0.4, 0.5) is 0 Å². The second kappa shape index (κ2) is 5.70. The smallest absolute Gasteiger partial charge is 0.338 e. The molecule has 0 saturated carbocycles. The number of aldehydes is 1. The Kier molecular flexibility index (Phi) is 4.27. The van der Waals surface area contributed by atoms with Crippen LogP contribution in [0.15, 0.2) is 30.9 Å². The lowest BCUT2D eigenvalue weighted by atomic mass is 10.1. The van der Waals surface area contributed by atoms with Gasteiger partial charge in [0.1, 0.15) is 18.6 Å². The molecular formula is C12H12O4. The van der Waals surface area contributed by atoms with Crippen LogP contribution in [0.5, 0.6) is 5.75 Å². The van der Waals surface area contributed by atoms with Crippen molar-refractivity contribution >= 4 is 12.3 Å². The predicted molar refractivity (Wildman–Crippen MR) is 58.9 cm³/mol. The molecule has 0 atom stereocenters. The van der Waals surface area contributed by atoms with Crippen molar-refractivity contribution in [3.8, 4) is 5.75 Å². The summed E-state index contributed by atoms with van der Waals surface area (Å²) in [6, 6.07) is 4.50. The van der Waals surface area contributed by atoms with E-state index in [1.54, 1.807) is 12.1 Å². The van der Waals surface area contributed by atoms with E-state index in [1.165, 1.54) is 19.2 Å². The molecule has 0 aliphatic heterocycles. The summed E-state index contributed by atoms with van der Waals surface area (Å²) in [7, 11) is 1.28. The van der Waals surface area contributed by atoms with Crippen LogP contribution in [0, 0.1) is 0 Å². The summed E-state index contributed by atoms with van der Waals surface area (Å²) in [6.45, 7) is 3.81. The molecule has 0 saturated heterocycles. The van der Waals surface area contributed by atoms with Crippen LogP contribution in [0.25, 0.3) is 0 Å². The summed E-state index contributed by atoms with van der Waals surface area (Å²) in [4.78, 5) is 22.0. The van der Waals surface area contributed by atoms with Crippen molar-refractivity contribution in [2.24, 2.45) is 0 Å². The first-order valence-electron chi connectivity index (χ1n) is 4.63. The molecule has 0 bridgehead atoms. The van der Waals surface area contributed by atoms with Gasteiger partial charge in [-0.1, -0.05) is 12.7 Å². The normalized spacial score (nSPS) is 9.31. The highest BCUT2D eigenvalue weighted by molar-refractivity contribution is 5.92. The Bertz CT molecular complexity index is 409. The summed E-state index contributed by atoms with van der Waals surface area (Å²) in [5, 5.41) is 0. The van der Waals surface area contributed by atoms with E-state index in [-0.39, 0.29) is 5.56 Å². The van der Waals surface area contributed by atoms with Crippen molar-refractivity contribution in [2.75, 3.05) is 13.7 Å². The van der Waals surface area contributed by atoms with Crippen molar-refractivity contribution in [1.29, 1.82) is 0 Å². The van der Waals surface area contributed by atoms with Gasteiger partial charge in [-0.15, -0.1) is 0 Å². The summed E-state index contributed by atoms with van der Waals surface area (Å²) < 4.78 is 9.81. The molecule has 0 radical (unpaired) electrons. The quantitative estimate of drug-likeness (QED) is 0.431. The molecule has 0 amide bonds. The maximum Gasteiger partial charge on any atom is 0.338 e. The summed E-state index contributed by atoms with van der Waals surface area (Å²) in [6.07, 6.45) is 2.22. The van der Waals surface area contributed by atoms with E-state index in [0.717, 1.165) is 0 Å². The molecule has 0 N–H and O–H groups in total. The van der Waals surface area contributed by atoms with Gasteiger partial charge in [0.05, 0.1) is 12.7 Å². The number of carbonyl (C=O) groups excluding carboxylic acids is 2. The molecule has 0 heterocycles. The first kappa shape index (κ1) is 12.0. The first-order valence-corrected chi connectivity index (χ1v) is 4.63. The number of methoxy groups -OCH3 is 1. The largest absolute Gasteiger partial charge is 0.490 e. The van der Waals surface area contributed by atoms with E-state index in [2.05, 4.69) is 11.3 Å². The number of esters is 1. The highest BCUT2D eigenvalue weighted by Crippen LogP contribution is 2.17. The number of benzene rings is 1. The highest BCUT2D eigenvalue weighted by atomic mass is 16.5. The minimum absolute atomic E-state index is 0.283. The number of carbonyl (C=O) groups is 2. The van der Waals surface area contributed by atoms with Gasteiger partial charge in [-0.25, -0.2) is 4.79 Å². The van der Waals surface area contributed by atoms with Gasteiger partial charge in [0, 0.05) is 5.56 Å². The Hall–Kier alpha value is -2.10. The zero-order chi connectivity index (χ0) is 12.0. The zero-order valence-corrected chi connectivity index (χ0v) is 8.93. The Morgan fingerprint density at radius 1 is 1.44 bits per heavy atom. The zero-order valence-electron chi connectivity index (χ0n) is 8.93. The molecule has 0 spiro atoms. The maximum atomic E-state index is 11.3. The number of ether oxygens (including phenoxy) is 2. The number of hydrogen-bond donors (Lipinski definition) is 0. The molecule has 0 aliphatic rings. The lowest BCUT2D eigenvalue weighted by Gasteiger charge is -2.06. The monoisotopic (exact) mass is 220 g/mol. The fraction of sp³-hybridized carbons (Fsp3) is 0.167. The van der Waals surface area contributed by atoms with Gasteiger partial charge >= 0.3 is 5.97 Å². The molecule has 1 aromatic rings. The Labute approximate surface area is 93.5 Å². The van der Waals surface area contributed by atoms with Crippen molar-refractivity contribution in [3.05, 3.63) is 42.0 Å². The van der Waals surface area contributed by atoms with Gasteiger partial charge in [0.15, 0.2) is 0 Å². The SMILES string of the molecule is C=CCOc1cc(C=O)cc(C(=O)OC)c1. The van der Waals surface area contributed by atoms with E-state index >= 15 is 0 Å². The molecule has 0 unspecified atom stereocenters. The standard InChI is InChI=1S/C12H12O4/c1-3-4-16-11-6-9(8-13)5-10(7-11)12(14)15-2/h3,5-8H,1,4H2,2H3. The van der Waals surface area contributed by atoms with Crippen LogP contribution in [0.2, 0.25) is 0 Å². The minimum atomic E-state index is -0.507. The Balaban J connectivity index is 3.04. The second-order valence-electron chi connectivity index (χ2n) is 3.00. The predicted octanol–water partition coefficient (Wildman–Crippen LogP) is 1.85. The van der Waals surface area contributed by atoms with Gasteiger partial charge in [-0.3, -0.25) is 4.79 Å². The van der Waals surface area contributed by atoms with Crippen LogP contribution < -0.4 is 4.74 Å². The van der Waals surface area contributed by atoms with E-state index in [1.807, 2.05) is 0 Å². The average Bonchev–Trinajstić information content (AvgIpc) is 2.34. The van der Waals surface area contributed by atoms with Crippen molar-refractivity contribution in [3.63, 3.8) is 0 Å². The van der Waals surface area contributed by atoms with E-state index in [9.17, 15) is 9.59 Å².